The molecule has 2 aliphatic carbocycles. The van der Waals surface area contributed by atoms with Gasteiger partial charge in [0.05, 0.1) is 0 Å². The Labute approximate surface area is 111 Å². The van der Waals surface area contributed by atoms with E-state index in [1.807, 2.05) is 0 Å². The van der Waals surface area contributed by atoms with E-state index in [0.717, 1.165) is 31.6 Å². The zero-order valence-electron chi connectivity index (χ0n) is 12.0. The third kappa shape index (κ3) is 2.87. The summed E-state index contributed by atoms with van der Waals surface area (Å²) in [6.45, 7) is 6.73. The third-order valence-corrected chi connectivity index (χ3v) is 5.34. The molecule has 3 nitrogen and oxygen atoms in total. The van der Waals surface area contributed by atoms with E-state index in [4.69, 9.17) is 5.73 Å². The molecule has 2 fully saturated rings. The molecule has 0 aromatic rings. The molecule has 0 bridgehead atoms. The molecule has 6 atom stereocenters. The van der Waals surface area contributed by atoms with Crippen molar-refractivity contribution in [3.63, 3.8) is 0 Å². The summed E-state index contributed by atoms with van der Waals surface area (Å²) in [7, 11) is 0. The van der Waals surface area contributed by atoms with Crippen molar-refractivity contribution in [1.29, 1.82) is 0 Å². The molecule has 2 aliphatic rings. The van der Waals surface area contributed by atoms with E-state index < -0.39 is 0 Å². The van der Waals surface area contributed by atoms with Crippen LogP contribution in [-0.4, -0.2) is 18.0 Å². The summed E-state index contributed by atoms with van der Waals surface area (Å²) in [5.41, 5.74) is 5.96. The smallest absolute Gasteiger partial charge is 0.223 e. The lowest BCUT2D eigenvalue weighted by atomic mass is 9.77. The summed E-state index contributed by atoms with van der Waals surface area (Å²) in [6, 6.07) is 0.699. The summed E-state index contributed by atoms with van der Waals surface area (Å²) in [5.74, 6) is 2.26. The van der Waals surface area contributed by atoms with Crippen molar-refractivity contribution in [2.24, 2.45) is 29.4 Å². The van der Waals surface area contributed by atoms with Gasteiger partial charge in [0.25, 0.3) is 0 Å². The highest BCUT2D eigenvalue weighted by molar-refractivity contribution is 5.79. The lowest BCUT2D eigenvalue weighted by Gasteiger charge is -2.33. The summed E-state index contributed by atoms with van der Waals surface area (Å²) in [4.78, 5) is 12.4. The molecule has 0 saturated heterocycles. The van der Waals surface area contributed by atoms with Crippen LogP contribution >= 0.6 is 0 Å². The zero-order valence-corrected chi connectivity index (χ0v) is 12.0. The van der Waals surface area contributed by atoms with E-state index in [0.29, 0.717) is 23.9 Å². The van der Waals surface area contributed by atoms with Crippen LogP contribution in [0.25, 0.3) is 0 Å². The minimum Gasteiger partial charge on any atom is -0.353 e. The minimum atomic E-state index is 0.188. The van der Waals surface area contributed by atoms with Gasteiger partial charge in [-0.25, -0.2) is 0 Å². The van der Waals surface area contributed by atoms with Crippen LogP contribution in [0.5, 0.6) is 0 Å². The predicted octanol–water partition coefficient (Wildman–Crippen LogP) is 2.30. The monoisotopic (exact) mass is 252 g/mol. The first kappa shape index (κ1) is 13.9. The summed E-state index contributed by atoms with van der Waals surface area (Å²) in [6.07, 6.45) is 5.35. The fraction of sp³-hybridized carbons (Fsp3) is 0.933. The van der Waals surface area contributed by atoms with Crippen LogP contribution in [0.4, 0.5) is 0 Å². The molecule has 0 heterocycles. The number of rotatable bonds is 2. The van der Waals surface area contributed by atoms with E-state index in [-0.39, 0.29) is 11.8 Å². The van der Waals surface area contributed by atoms with E-state index in [2.05, 4.69) is 26.1 Å². The van der Waals surface area contributed by atoms with Crippen molar-refractivity contribution in [3.05, 3.63) is 0 Å². The number of nitrogens with two attached hydrogens (primary N) is 1. The Bertz CT molecular complexity index is 305. The Kier molecular flexibility index (Phi) is 4.31. The lowest BCUT2D eigenvalue weighted by Crippen LogP contribution is -2.45. The van der Waals surface area contributed by atoms with Crippen molar-refractivity contribution < 1.29 is 4.79 Å². The van der Waals surface area contributed by atoms with Crippen LogP contribution in [0.2, 0.25) is 0 Å². The topological polar surface area (TPSA) is 55.1 Å². The second-order valence-corrected chi connectivity index (χ2v) is 6.69. The fourth-order valence-electron chi connectivity index (χ4n) is 3.69. The molecule has 3 N–H and O–H groups in total. The molecule has 3 heteroatoms. The van der Waals surface area contributed by atoms with E-state index in [1.54, 1.807) is 0 Å². The minimum absolute atomic E-state index is 0.188. The number of hydrogen-bond acceptors (Lipinski definition) is 2. The van der Waals surface area contributed by atoms with Gasteiger partial charge in [-0.1, -0.05) is 20.8 Å². The molecule has 1 amide bonds. The highest BCUT2D eigenvalue weighted by Gasteiger charge is 2.35. The quantitative estimate of drug-likeness (QED) is 0.792. The molecule has 0 aromatic heterocycles. The first-order chi connectivity index (χ1) is 8.49. The summed E-state index contributed by atoms with van der Waals surface area (Å²) < 4.78 is 0. The Hall–Kier alpha value is -0.570. The van der Waals surface area contributed by atoms with Gasteiger partial charge in [-0.3, -0.25) is 4.79 Å². The zero-order chi connectivity index (χ0) is 13.3. The maximum absolute atomic E-state index is 12.4. The number of hydrogen-bond donors (Lipinski definition) is 2. The van der Waals surface area contributed by atoms with Gasteiger partial charge in [0.2, 0.25) is 5.91 Å². The van der Waals surface area contributed by atoms with E-state index in [1.165, 1.54) is 6.42 Å². The number of amides is 1. The predicted molar refractivity (Wildman–Crippen MR) is 74.0 cm³/mol. The summed E-state index contributed by atoms with van der Waals surface area (Å²) >= 11 is 0. The average molecular weight is 252 g/mol. The molecule has 0 radical (unpaired) electrons. The van der Waals surface area contributed by atoms with Crippen LogP contribution in [-0.2, 0) is 4.79 Å². The van der Waals surface area contributed by atoms with Gasteiger partial charge < -0.3 is 11.1 Å². The van der Waals surface area contributed by atoms with Crippen molar-refractivity contribution in [2.75, 3.05) is 0 Å². The number of carbonyl (C=O) groups is 1. The van der Waals surface area contributed by atoms with Gasteiger partial charge in [0, 0.05) is 18.0 Å². The number of nitrogens with one attached hydrogen (secondary N) is 1. The maximum Gasteiger partial charge on any atom is 0.223 e. The van der Waals surface area contributed by atoms with Gasteiger partial charge in [0.1, 0.15) is 0 Å². The standard InChI is InChI=1S/C15H28N2O/c1-9-4-7-14(11(9)3)17-15(18)13-6-5-12(16)8-10(13)2/h9-14H,4-8,16H2,1-3H3,(H,17,18). The Morgan fingerprint density at radius 3 is 2.33 bits per heavy atom. The SMILES string of the molecule is CC1CC(N)CCC1C(=O)NC1CCC(C)C1C. The molecule has 0 aromatic carbocycles. The average Bonchev–Trinajstić information content (AvgIpc) is 2.61. The maximum atomic E-state index is 12.4. The van der Waals surface area contributed by atoms with Crippen LogP contribution in [0.3, 0.4) is 0 Å². The molecular formula is C15H28N2O. The van der Waals surface area contributed by atoms with Gasteiger partial charge >= 0.3 is 0 Å². The normalized spacial score (nSPS) is 44.9. The van der Waals surface area contributed by atoms with Crippen LogP contribution in [0.15, 0.2) is 0 Å². The van der Waals surface area contributed by atoms with Gasteiger partial charge in [0.15, 0.2) is 0 Å². The molecule has 2 saturated carbocycles. The Balaban J connectivity index is 1.88. The largest absolute Gasteiger partial charge is 0.353 e. The van der Waals surface area contributed by atoms with Crippen molar-refractivity contribution in [3.8, 4) is 0 Å². The second kappa shape index (κ2) is 5.60. The van der Waals surface area contributed by atoms with Gasteiger partial charge in [-0.15, -0.1) is 0 Å². The first-order valence-electron chi connectivity index (χ1n) is 7.55. The Morgan fingerprint density at radius 1 is 1.06 bits per heavy atom. The summed E-state index contributed by atoms with van der Waals surface area (Å²) in [5, 5.41) is 3.29. The van der Waals surface area contributed by atoms with Crippen molar-refractivity contribution >= 4 is 5.91 Å². The first-order valence-corrected chi connectivity index (χ1v) is 7.55. The molecule has 2 rings (SSSR count). The highest BCUT2D eigenvalue weighted by Crippen LogP contribution is 2.33. The fourth-order valence-corrected chi connectivity index (χ4v) is 3.69. The van der Waals surface area contributed by atoms with Crippen molar-refractivity contribution in [2.45, 2.75) is 65.0 Å². The molecule has 18 heavy (non-hydrogen) atoms. The van der Waals surface area contributed by atoms with Crippen LogP contribution in [0.1, 0.15) is 52.9 Å². The van der Waals surface area contributed by atoms with Crippen LogP contribution in [0, 0.1) is 23.7 Å². The third-order valence-electron chi connectivity index (χ3n) is 5.34. The van der Waals surface area contributed by atoms with Gasteiger partial charge in [-0.05, 0) is 49.9 Å². The molecule has 104 valence electrons. The number of carbonyl (C=O) groups excluding carboxylic acids is 1. The second-order valence-electron chi connectivity index (χ2n) is 6.69. The van der Waals surface area contributed by atoms with Crippen molar-refractivity contribution in [1.82, 2.24) is 5.32 Å². The Morgan fingerprint density at radius 2 is 1.78 bits per heavy atom. The van der Waals surface area contributed by atoms with E-state index in [9.17, 15) is 4.79 Å². The highest BCUT2D eigenvalue weighted by atomic mass is 16.2. The van der Waals surface area contributed by atoms with E-state index >= 15 is 0 Å². The molecule has 6 unspecified atom stereocenters. The van der Waals surface area contributed by atoms with Crippen LogP contribution < -0.4 is 11.1 Å². The van der Waals surface area contributed by atoms with Gasteiger partial charge in [-0.2, -0.15) is 0 Å². The molecular weight excluding hydrogens is 224 g/mol. The molecule has 0 spiro atoms. The molecule has 0 aliphatic heterocycles. The lowest BCUT2D eigenvalue weighted by molar-refractivity contribution is -0.128.